The Hall–Kier alpha value is -1.58. The van der Waals surface area contributed by atoms with Crippen molar-refractivity contribution in [2.75, 3.05) is 6.61 Å². The van der Waals surface area contributed by atoms with Crippen molar-refractivity contribution in [1.29, 1.82) is 0 Å². The summed E-state index contributed by atoms with van der Waals surface area (Å²) >= 11 is 0. The Morgan fingerprint density at radius 3 is 3.07 bits per heavy atom. The second-order valence-electron chi connectivity index (χ2n) is 3.71. The summed E-state index contributed by atoms with van der Waals surface area (Å²) < 4.78 is 4.81. The number of hydrogen-bond acceptors (Lipinski definition) is 3. The summed E-state index contributed by atoms with van der Waals surface area (Å²) in [5.74, 6) is 0. The van der Waals surface area contributed by atoms with Crippen LogP contribution in [0.4, 0.5) is 4.79 Å². The van der Waals surface area contributed by atoms with E-state index in [1.54, 1.807) is 0 Å². The number of cyclic esters (lactones) is 1. The van der Waals surface area contributed by atoms with Crippen LogP contribution in [-0.4, -0.2) is 30.1 Å². The normalized spacial score (nSPS) is 25.1. The Morgan fingerprint density at radius 2 is 2.40 bits per heavy atom. The van der Waals surface area contributed by atoms with Crippen molar-refractivity contribution in [1.82, 2.24) is 4.90 Å². The highest BCUT2D eigenvalue weighted by Crippen LogP contribution is 2.21. The van der Waals surface area contributed by atoms with Gasteiger partial charge in [0.2, 0.25) is 6.41 Å². The largest absolute Gasteiger partial charge is 0.447 e. The molecule has 1 unspecified atom stereocenters. The Kier molecular flexibility index (Phi) is 2.85. The summed E-state index contributed by atoms with van der Waals surface area (Å²) in [5, 5.41) is 0. The monoisotopic (exact) mass is 207 g/mol. The maximum Gasteiger partial charge on any atom is 0.416 e. The molecule has 1 aliphatic carbocycles. The maximum absolute atomic E-state index is 11.1. The maximum atomic E-state index is 11.1. The van der Waals surface area contributed by atoms with Crippen LogP contribution in [0, 0.1) is 0 Å². The first kappa shape index (κ1) is 9.96. The Balaban J connectivity index is 1.99. The van der Waals surface area contributed by atoms with Gasteiger partial charge in [-0.25, -0.2) is 9.69 Å². The molecule has 1 aliphatic heterocycles. The van der Waals surface area contributed by atoms with Crippen molar-refractivity contribution < 1.29 is 14.3 Å². The average molecular weight is 207 g/mol. The van der Waals surface area contributed by atoms with E-state index in [0.29, 0.717) is 19.4 Å². The molecule has 0 aromatic rings. The fourth-order valence-electron chi connectivity index (χ4n) is 1.85. The molecule has 2 amide bonds. The Labute approximate surface area is 88.2 Å². The molecule has 0 aromatic heterocycles. The molecule has 0 N–H and O–H groups in total. The zero-order chi connectivity index (χ0) is 10.7. The van der Waals surface area contributed by atoms with Gasteiger partial charge in [-0.1, -0.05) is 23.8 Å². The smallest absolute Gasteiger partial charge is 0.416 e. The van der Waals surface area contributed by atoms with Gasteiger partial charge < -0.3 is 4.74 Å². The highest BCUT2D eigenvalue weighted by molar-refractivity contribution is 5.82. The number of amides is 2. The van der Waals surface area contributed by atoms with Crippen LogP contribution in [0.1, 0.15) is 19.3 Å². The quantitative estimate of drug-likeness (QED) is 0.661. The lowest BCUT2D eigenvalue weighted by molar-refractivity contribution is -0.116. The first-order valence-corrected chi connectivity index (χ1v) is 5.07. The number of rotatable bonds is 3. The molecule has 0 radical (unpaired) electrons. The van der Waals surface area contributed by atoms with E-state index in [1.165, 1.54) is 5.57 Å². The molecule has 80 valence electrons. The van der Waals surface area contributed by atoms with Crippen molar-refractivity contribution in [3.05, 3.63) is 23.8 Å². The van der Waals surface area contributed by atoms with E-state index in [1.807, 2.05) is 0 Å². The minimum absolute atomic E-state index is 0.135. The van der Waals surface area contributed by atoms with Crippen molar-refractivity contribution >= 4 is 12.5 Å². The SMILES string of the molecule is O=CN1C(=O)OCC1CC1=CCCC=C1. The molecule has 2 rings (SSSR count). The molecule has 0 spiro atoms. The summed E-state index contributed by atoms with van der Waals surface area (Å²) in [4.78, 5) is 22.9. The van der Waals surface area contributed by atoms with Crippen molar-refractivity contribution in [3.63, 3.8) is 0 Å². The summed E-state index contributed by atoms with van der Waals surface area (Å²) in [6.45, 7) is 0.308. The van der Waals surface area contributed by atoms with Gasteiger partial charge in [-0.15, -0.1) is 0 Å². The summed E-state index contributed by atoms with van der Waals surface area (Å²) in [7, 11) is 0. The molecular formula is C11H13NO3. The standard InChI is InChI=1S/C11H13NO3/c13-8-12-10(7-15-11(12)14)6-9-4-2-1-3-5-9/h2,4-5,8,10H,1,3,6-7H2. The van der Waals surface area contributed by atoms with E-state index < -0.39 is 6.09 Å². The topological polar surface area (TPSA) is 46.6 Å². The van der Waals surface area contributed by atoms with Crippen LogP contribution in [-0.2, 0) is 9.53 Å². The fourth-order valence-corrected chi connectivity index (χ4v) is 1.85. The third-order valence-electron chi connectivity index (χ3n) is 2.66. The van der Waals surface area contributed by atoms with Crippen LogP contribution in [0.3, 0.4) is 0 Å². The van der Waals surface area contributed by atoms with Gasteiger partial charge >= 0.3 is 6.09 Å². The molecule has 4 nitrogen and oxygen atoms in total. The van der Waals surface area contributed by atoms with Crippen molar-refractivity contribution in [3.8, 4) is 0 Å². The van der Waals surface area contributed by atoms with Gasteiger partial charge in [-0.2, -0.15) is 0 Å². The number of hydrogen-bond donors (Lipinski definition) is 0. The van der Waals surface area contributed by atoms with E-state index in [2.05, 4.69) is 18.2 Å². The van der Waals surface area contributed by atoms with E-state index >= 15 is 0 Å². The zero-order valence-corrected chi connectivity index (χ0v) is 8.39. The van der Waals surface area contributed by atoms with Crippen LogP contribution in [0.15, 0.2) is 23.8 Å². The number of allylic oxidation sites excluding steroid dienone is 3. The summed E-state index contributed by atoms with van der Waals surface area (Å²) in [6, 6.07) is -0.135. The third kappa shape index (κ3) is 2.09. The molecule has 1 saturated heterocycles. The number of carbonyl (C=O) groups is 2. The van der Waals surface area contributed by atoms with Gasteiger partial charge in [0, 0.05) is 0 Å². The minimum Gasteiger partial charge on any atom is -0.447 e. The van der Waals surface area contributed by atoms with Gasteiger partial charge in [-0.05, 0) is 19.3 Å². The van der Waals surface area contributed by atoms with Crippen LogP contribution in [0.25, 0.3) is 0 Å². The van der Waals surface area contributed by atoms with Gasteiger partial charge in [-0.3, -0.25) is 4.79 Å². The minimum atomic E-state index is -0.532. The van der Waals surface area contributed by atoms with E-state index in [0.717, 1.165) is 17.7 Å². The van der Waals surface area contributed by atoms with Gasteiger partial charge in [0.1, 0.15) is 6.61 Å². The van der Waals surface area contributed by atoms with E-state index in [-0.39, 0.29) is 6.04 Å². The summed E-state index contributed by atoms with van der Waals surface area (Å²) in [5.41, 5.74) is 1.18. The zero-order valence-electron chi connectivity index (χ0n) is 8.39. The van der Waals surface area contributed by atoms with Crippen LogP contribution in [0.2, 0.25) is 0 Å². The molecule has 1 fully saturated rings. The second kappa shape index (κ2) is 4.29. The second-order valence-corrected chi connectivity index (χ2v) is 3.71. The first-order valence-electron chi connectivity index (χ1n) is 5.07. The molecule has 1 atom stereocenters. The molecule has 0 saturated carbocycles. The van der Waals surface area contributed by atoms with Gasteiger partial charge in [0.15, 0.2) is 0 Å². The predicted molar refractivity (Wildman–Crippen MR) is 54.1 cm³/mol. The van der Waals surface area contributed by atoms with Crippen LogP contribution < -0.4 is 0 Å². The van der Waals surface area contributed by atoms with Crippen LogP contribution >= 0.6 is 0 Å². The Bertz CT molecular complexity index is 333. The lowest BCUT2D eigenvalue weighted by Crippen LogP contribution is -2.32. The van der Waals surface area contributed by atoms with Crippen molar-refractivity contribution in [2.45, 2.75) is 25.3 Å². The predicted octanol–water partition coefficient (Wildman–Crippen LogP) is 1.63. The van der Waals surface area contributed by atoms with Gasteiger partial charge in [0.25, 0.3) is 0 Å². The number of carbonyl (C=O) groups excluding carboxylic acids is 2. The number of nitrogens with zero attached hydrogens (tertiary/aromatic N) is 1. The average Bonchev–Trinajstić information content (AvgIpc) is 2.61. The lowest BCUT2D eigenvalue weighted by atomic mass is 10.0. The van der Waals surface area contributed by atoms with E-state index in [9.17, 15) is 9.59 Å². The van der Waals surface area contributed by atoms with E-state index in [4.69, 9.17) is 4.74 Å². The molecule has 1 heterocycles. The Morgan fingerprint density at radius 1 is 1.53 bits per heavy atom. The molecule has 4 heteroatoms. The van der Waals surface area contributed by atoms with Crippen molar-refractivity contribution in [2.24, 2.45) is 0 Å². The number of imide groups is 1. The fraction of sp³-hybridized carbons (Fsp3) is 0.455. The molecular weight excluding hydrogens is 194 g/mol. The highest BCUT2D eigenvalue weighted by atomic mass is 16.6. The third-order valence-corrected chi connectivity index (χ3v) is 2.66. The lowest BCUT2D eigenvalue weighted by Gasteiger charge is -2.16. The first-order chi connectivity index (χ1) is 7.31. The molecule has 0 bridgehead atoms. The van der Waals surface area contributed by atoms with Crippen LogP contribution in [0.5, 0.6) is 0 Å². The molecule has 2 aliphatic rings. The number of ether oxygens (including phenoxy) is 1. The molecule has 15 heavy (non-hydrogen) atoms. The highest BCUT2D eigenvalue weighted by Gasteiger charge is 2.32. The summed E-state index contributed by atoms with van der Waals surface area (Å²) in [6.07, 6.45) is 9.12. The van der Waals surface area contributed by atoms with Gasteiger partial charge in [0.05, 0.1) is 6.04 Å². The molecule has 0 aromatic carbocycles.